The maximum absolute atomic E-state index is 13.1. The van der Waals surface area contributed by atoms with Crippen molar-refractivity contribution in [2.24, 2.45) is 0 Å². The summed E-state index contributed by atoms with van der Waals surface area (Å²) in [5.41, 5.74) is 2.73. The van der Waals surface area contributed by atoms with Gasteiger partial charge in [0.05, 0.1) is 5.69 Å². The Kier molecular flexibility index (Phi) is 5.08. The molecule has 0 bridgehead atoms. The SMILES string of the molecule is CCC(=O)NCc1ccc(-c2ccc(F)cc2)nc1N1CCCC1. The van der Waals surface area contributed by atoms with Gasteiger partial charge >= 0.3 is 0 Å². The lowest BCUT2D eigenvalue weighted by Gasteiger charge is -2.21. The number of carbonyl (C=O) groups excluding carboxylic acids is 1. The Bertz CT molecular complexity index is 709. The first kappa shape index (κ1) is 16.4. The second kappa shape index (κ2) is 7.43. The van der Waals surface area contributed by atoms with E-state index in [-0.39, 0.29) is 11.7 Å². The lowest BCUT2D eigenvalue weighted by Crippen LogP contribution is -2.25. The van der Waals surface area contributed by atoms with Gasteiger partial charge in [0.2, 0.25) is 5.91 Å². The summed E-state index contributed by atoms with van der Waals surface area (Å²) in [5, 5.41) is 2.92. The Morgan fingerprint density at radius 2 is 1.88 bits per heavy atom. The fourth-order valence-corrected chi connectivity index (χ4v) is 2.92. The number of hydrogen-bond donors (Lipinski definition) is 1. The van der Waals surface area contributed by atoms with Crippen LogP contribution in [0.5, 0.6) is 0 Å². The molecule has 1 N–H and O–H groups in total. The number of carbonyl (C=O) groups is 1. The summed E-state index contributed by atoms with van der Waals surface area (Å²) in [6.45, 7) is 4.28. The molecule has 0 radical (unpaired) electrons. The van der Waals surface area contributed by atoms with Crippen LogP contribution in [0.15, 0.2) is 36.4 Å². The van der Waals surface area contributed by atoms with Gasteiger partial charge in [-0.3, -0.25) is 4.79 Å². The van der Waals surface area contributed by atoms with Gasteiger partial charge in [0.15, 0.2) is 0 Å². The van der Waals surface area contributed by atoms with Crippen molar-refractivity contribution in [2.75, 3.05) is 18.0 Å². The molecule has 0 unspecified atom stereocenters. The largest absolute Gasteiger partial charge is 0.356 e. The van der Waals surface area contributed by atoms with Crippen molar-refractivity contribution in [1.82, 2.24) is 10.3 Å². The third kappa shape index (κ3) is 3.72. The Morgan fingerprint density at radius 3 is 2.54 bits per heavy atom. The van der Waals surface area contributed by atoms with Crippen LogP contribution in [0.4, 0.5) is 10.2 Å². The molecule has 1 fully saturated rings. The third-order valence-electron chi connectivity index (χ3n) is 4.30. The average molecular weight is 327 g/mol. The van der Waals surface area contributed by atoms with Crippen LogP contribution in [0.3, 0.4) is 0 Å². The van der Waals surface area contributed by atoms with Crippen LogP contribution < -0.4 is 10.2 Å². The fraction of sp³-hybridized carbons (Fsp3) is 0.368. The van der Waals surface area contributed by atoms with Crippen LogP contribution in [0.25, 0.3) is 11.3 Å². The third-order valence-corrected chi connectivity index (χ3v) is 4.30. The number of anilines is 1. The standard InChI is InChI=1S/C19H22FN3O/c1-2-18(24)21-13-15-7-10-17(14-5-8-16(20)9-6-14)22-19(15)23-11-3-4-12-23/h5-10H,2-4,11-13H2,1H3,(H,21,24). The number of pyridine rings is 1. The molecule has 1 saturated heterocycles. The minimum atomic E-state index is -0.252. The number of benzene rings is 1. The highest BCUT2D eigenvalue weighted by molar-refractivity contribution is 5.75. The van der Waals surface area contributed by atoms with Crippen LogP contribution in [-0.2, 0) is 11.3 Å². The molecule has 1 amide bonds. The van der Waals surface area contributed by atoms with E-state index in [4.69, 9.17) is 4.98 Å². The molecule has 126 valence electrons. The minimum Gasteiger partial charge on any atom is -0.356 e. The van der Waals surface area contributed by atoms with E-state index >= 15 is 0 Å². The van der Waals surface area contributed by atoms with Gasteiger partial charge in [-0.2, -0.15) is 0 Å². The molecule has 1 aliphatic rings. The summed E-state index contributed by atoms with van der Waals surface area (Å²) < 4.78 is 13.1. The summed E-state index contributed by atoms with van der Waals surface area (Å²) in [6, 6.07) is 10.3. The second-order valence-corrected chi connectivity index (χ2v) is 6.01. The molecule has 1 aromatic carbocycles. The summed E-state index contributed by atoms with van der Waals surface area (Å²) in [7, 11) is 0. The highest BCUT2D eigenvalue weighted by Gasteiger charge is 2.18. The molecule has 2 heterocycles. The maximum Gasteiger partial charge on any atom is 0.219 e. The zero-order chi connectivity index (χ0) is 16.9. The molecule has 3 rings (SSSR count). The van der Waals surface area contributed by atoms with E-state index in [0.717, 1.165) is 48.6 Å². The average Bonchev–Trinajstić information content (AvgIpc) is 3.14. The van der Waals surface area contributed by atoms with Crippen LogP contribution in [0, 0.1) is 5.82 Å². The van der Waals surface area contributed by atoms with E-state index in [1.807, 2.05) is 19.1 Å². The zero-order valence-corrected chi connectivity index (χ0v) is 13.9. The Hall–Kier alpha value is -2.43. The molecule has 5 heteroatoms. The normalized spacial score (nSPS) is 14.0. The Labute approximate surface area is 141 Å². The van der Waals surface area contributed by atoms with Crippen molar-refractivity contribution in [3.8, 4) is 11.3 Å². The summed E-state index contributed by atoms with van der Waals surface area (Å²) >= 11 is 0. The molecule has 1 aliphatic heterocycles. The molecule has 0 atom stereocenters. The van der Waals surface area contributed by atoms with E-state index < -0.39 is 0 Å². The molecular weight excluding hydrogens is 305 g/mol. The van der Waals surface area contributed by atoms with Gasteiger partial charge in [0.1, 0.15) is 11.6 Å². The molecule has 24 heavy (non-hydrogen) atoms. The smallest absolute Gasteiger partial charge is 0.219 e. The number of rotatable bonds is 5. The number of halogens is 1. The fourth-order valence-electron chi connectivity index (χ4n) is 2.92. The first-order valence-corrected chi connectivity index (χ1v) is 8.45. The van der Waals surface area contributed by atoms with Gasteiger partial charge in [-0.05, 0) is 43.2 Å². The first-order valence-electron chi connectivity index (χ1n) is 8.45. The van der Waals surface area contributed by atoms with E-state index in [1.54, 1.807) is 12.1 Å². The van der Waals surface area contributed by atoms with Gasteiger partial charge < -0.3 is 10.2 Å². The highest BCUT2D eigenvalue weighted by atomic mass is 19.1. The number of hydrogen-bond acceptors (Lipinski definition) is 3. The molecule has 2 aromatic rings. The quantitative estimate of drug-likeness (QED) is 0.914. The molecule has 0 aliphatic carbocycles. The summed E-state index contributed by atoms with van der Waals surface area (Å²) in [4.78, 5) is 18.6. The van der Waals surface area contributed by atoms with Gasteiger partial charge in [-0.15, -0.1) is 0 Å². The molecule has 0 saturated carbocycles. The van der Waals surface area contributed by atoms with Gasteiger partial charge in [0, 0.05) is 37.2 Å². The molecular formula is C19H22FN3O. The lowest BCUT2D eigenvalue weighted by molar-refractivity contribution is -0.120. The first-order chi connectivity index (χ1) is 11.7. The number of amides is 1. The van der Waals surface area contributed by atoms with E-state index in [0.29, 0.717) is 13.0 Å². The van der Waals surface area contributed by atoms with Crippen LogP contribution in [0.1, 0.15) is 31.7 Å². The number of nitrogens with zero attached hydrogens (tertiary/aromatic N) is 2. The van der Waals surface area contributed by atoms with Crippen molar-refractivity contribution in [2.45, 2.75) is 32.7 Å². The van der Waals surface area contributed by atoms with Crippen molar-refractivity contribution in [1.29, 1.82) is 0 Å². The van der Waals surface area contributed by atoms with Crippen LogP contribution in [0.2, 0.25) is 0 Å². The molecule has 4 nitrogen and oxygen atoms in total. The summed E-state index contributed by atoms with van der Waals surface area (Å²) in [6.07, 6.45) is 2.78. The van der Waals surface area contributed by atoms with Crippen molar-refractivity contribution >= 4 is 11.7 Å². The zero-order valence-electron chi connectivity index (χ0n) is 13.9. The Balaban J connectivity index is 1.91. The summed E-state index contributed by atoms with van der Waals surface area (Å²) in [5.74, 6) is 0.702. The van der Waals surface area contributed by atoms with Crippen molar-refractivity contribution in [3.63, 3.8) is 0 Å². The maximum atomic E-state index is 13.1. The van der Waals surface area contributed by atoms with Gasteiger partial charge in [-0.25, -0.2) is 9.37 Å². The minimum absolute atomic E-state index is 0.0324. The number of nitrogens with one attached hydrogen (secondary N) is 1. The second-order valence-electron chi connectivity index (χ2n) is 6.01. The Morgan fingerprint density at radius 1 is 1.17 bits per heavy atom. The lowest BCUT2D eigenvalue weighted by atomic mass is 10.1. The van der Waals surface area contributed by atoms with E-state index in [1.165, 1.54) is 12.1 Å². The van der Waals surface area contributed by atoms with Crippen LogP contribution in [-0.4, -0.2) is 24.0 Å². The predicted octanol–water partition coefficient (Wildman–Crippen LogP) is 3.51. The topological polar surface area (TPSA) is 45.2 Å². The van der Waals surface area contributed by atoms with Crippen molar-refractivity contribution < 1.29 is 9.18 Å². The highest BCUT2D eigenvalue weighted by Crippen LogP contribution is 2.27. The van der Waals surface area contributed by atoms with E-state index in [9.17, 15) is 9.18 Å². The number of aromatic nitrogens is 1. The molecule has 0 spiro atoms. The van der Waals surface area contributed by atoms with Crippen molar-refractivity contribution in [3.05, 3.63) is 47.8 Å². The van der Waals surface area contributed by atoms with Crippen LogP contribution >= 0.6 is 0 Å². The predicted molar refractivity (Wildman–Crippen MR) is 93.2 cm³/mol. The molecule has 1 aromatic heterocycles. The van der Waals surface area contributed by atoms with E-state index in [2.05, 4.69) is 10.2 Å². The van der Waals surface area contributed by atoms with Gasteiger partial charge in [-0.1, -0.05) is 13.0 Å². The monoisotopic (exact) mass is 327 g/mol. The van der Waals surface area contributed by atoms with Gasteiger partial charge in [0.25, 0.3) is 0 Å².